The molecule has 25 heavy (non-hydrogen) atoms. The Labute approximate surface area is 199 Å². The van der Waals surface area contributed by atoms with Crippen LogP contribution in [0.1, 0.15) is 110 Å². The number of hydrogen-bond acceptors (Lipinski definition) is 4. The van der Waals surface area contributed by atoms with Crippen molar-refractivity contribution in [3.63, 3.8) is 0 Å². The summed E-state index contributed by atoms with van der Waals surface area (Å²) in [5, 5.41) is 8.49. The van der Waals surface area contributed by atoms with Crippen molar-refractivity contribution < 1.29 is 69.5 Å². The summed E-state index contributed by atoms with van der Waals surface area (Å²) in [7, 11) is -4.15. The maximum atomic E-state index is 11.4. The summed E-state index contributed by atoms with van der Waals surface area (Å²) in [5.74, 6) is 0. The monoisotopic (exact) mass is 402 g/mol. The van der Waals surface area contributed by atoms with E-state index in [2.05, 4.69) is 6.92 Å². The molecule has 0 aromatic heterocycles. The zero-order chi connectivity index (χ0) is 18.3. The second-order valence-corrected chi connectivity index (χ2v) is 8.87. The first-order valence-corrected chi connectivity index (χ1v) is 11.5. The van der Waals surface area contributed by atoms with Crippen LogP contribution in [0.25, 0.3) is 0 Å². The van der Waals surface area contributed by atoms with E-state index in [1.54, 1.807) is 0 Å². The normalized spacial score (nSPS) is 14.1. The van der Waals surface area contributed by atoms with E-state index in [1.165, 1.54) is 19.3 Å². The van der Waals surface area contributed by atoms with E-state index in [0.29, 0.717) is 12.8 Å². The number of rotatable bonds is 17. The third-order valence-corrected chi connectivity index (χ3v) is 5.97. The molecule has 1 N–H and O–H groups in total. The molecule has 0 fully saturated rings. The molecule has 0 spiro atoms. The van der Waals surface area contributed by atoms with Gasteiger partial charge >= 0.3 is 51.4 Å². The molecule has 0 heterocycles. The van der Waals surface area contributed by atoms with E-state index in [4.69, 9.17) is 0 Å². The molecule has 0 aromatic rings. The maximum Gasteiger partial charge on any atom is 1.00 e. The second-order valence-electron chi connectivity index (χ2n) is 7.22. The van der Waals surface area contributed by atoms with Crippen molar-refractivity contribution in [2.45, 2.75) is 122 Å². The third-order valence-electron chi connectivity index (χ3n) is 4.69. The van der Waals surface area contributed by atoms with E-state index in [1.807, 2.05) is 6.92 Å². The predicted octanol–water partition coefficient (Wildman–Crippen LogP) is 2.16. The first kappa shape index (κ1) is 28.7. The van der Waals surface area contributed by atoms with Crippen molar-refractivity contribution in [3.8, 4) is 0 Å². The molecule has 4 nitrogen and oxygen atoms in total. The van der Waals surface area contributed by atoms with Crippen LogP contribution in [0.5, 0.6) is 0 Å². The maximum absolute atomic E-state index is 11.4. The standard InChI is InChI=1S/C19H40O4S.K/c1-3-4-5-6-10-13-16-19(24(21,22)23)17-14-11-8-7-9-12-15-18(2)20;/h18-20H,3-17H2,1-2H3,(H,21,22,23);/q;+1/p-1. The first-order valence-electron chi connectivity index (χ1n) is 10.0. The van der Waals surface area contributed by atoms with Crippen molar-refractivity contribution in [3.05, 3.63) is 0 Å². The van der Waals surface area contributed by atoms with Gasteiger partial charge in [-0.25, -0.2) is 8.42 Å². The van der Waals surface area contributed by atoms with Gasteiger partial charge in [0.15, 0.2) is 0 Å². The van der Waals surface area contributed by atoms with Crippen LogP contribution in [-0.2, 0) is 10.1 Å². The zero-order valence-corrected chi connectivity index (χ0v) is 20.8. The van der Waals surface area contributed by atoms with Gasteiger partial charge in [-0.05, 0) is 26.2 Å². The molecule has 0 saturated heterocycles. The van der Waals surface area contributed by atoms with Crippen LogP contribution in [0.15, 0.2) is 0 Å². The Morgan fingerprint density at radius 3 is 1.48 bits per heavy atom. The Kier molecular flexibility index (Phi) is 21.7. The van der Waals surface area contributed by atoms with Gasteiger partial charge in [0.1, 0.15) is 0 Å². The quantitative estimate of drug-likeness (QED) is 0.230. The summed E-state index contributed by atoms with van der Waals surface area (Å²) >= 11 is 0. The van der Waals surface area contributed by atoms with Crippen LogP contribution < -0.4 is 51.4 Å². The van der Waals surface area contributed by atoms with Gasteiger partial charge in [-0.3, -0.25) is 0 Å². The molecule has 0 bridgehead atoms. The van der Waals surface area contributed by atoms with Gasteiger partial charge in [-0.2, -0.15) is 0 Å². The van der Waals surface area contributed by atoms with Crippen LogP contribution in [0, 0.1) is 0 Å². The first-order chi connectivity index (χ1) is 11.4. The van der Waals surface area contributed by atoms with E-state index >= 15 is 0 Å². The molecular formula is C19H39KO4S. The van der Waals surface area contributed by atoms with E-state index in [-0.39, 0.29) is 57.5 Å². The predicted molar refractivity (Wildman–Crippen MR) is 100 cm³/mol. The minimum Gasteiger partial charge on any atom is -0.748 e. The molecule has 0 amide bonds. The molecular weight excluding hydrogens is 363 g/mol. The average molecular weight is 403 g/mol. The molecule has 2 atom stereocenters. The number of aliphatic hydroxyl groups excluding tert-OH is 1. The molecule has 6 heteroatoms. The number of hydrogen-bond donors (Lipinski definition) is 1. The van der Waals surface area contributed by atoms with Crippen molar-refractivity contribution in [2.75, 3.05) is 0 Å². The molecule has 0 saturated carbocycles. The fourth-order valence-electron chi connectivity index (χ4n) is 3.10. The molecule has 0 aliphatic carbocycles. The topological polar surface area (TPSA) is 77.4 Å². The molecule has 2 unspecified atom stereocenters. The fraction of sp³-hybridized carbons (Fsp3) is 1.00. The SMILES string of the molecule is CCCCCCCCC(CCCCCCCCC(C)O)S(=O)(=O)[O-].[K+]. The van der Waals surface area contributed by atoms with E-state index in [0.717, 1.165) is 64.2 Å². The molecule has 0 aromatic carbocycles. The van der Waals surface area contributed by atoms with Gasteiger partial charge in [0.25, 0.3) is 0 Å². The Morgan fingerprint density at radius 2 is 1.12 bits per heavy atom. The smallest absolute Gasteiger partial charge is 0.748 e. The minimum atomic E-state index is -4.15. The van der Waals surface area contributed by atoms with Crippen molar-refractivity contribution in [1.82, 2.24) is 0 Å². The molecule has 0 radical (unpaired) electrons. The molecule has 146 valence electrons. The Bertz CT molecular complexity index is 372. The largest absolute Gasteiger partial charge is 1.00 e. The number of unbranched alkanes of at least 4 members (excludes halogenated alkanes) is 10. The van der Waals surface area contributed by atoms with Gasteiger partial charge in [-0.1, -0.05) is 84.0 Å². The van der Waals surface area contributed by atoms with Gasteiger partial charge in [-0.15, -0.1) is 0 Å². The third kappa shape index (κ3) is 20.1. The van der Waals surface area contributed by atoms with Crippen molar-refractivity contribution >= 4 is 10.1 Å². The van der Waals surface area contributed by atoms with Gasteiger partial charge in [0.2, 0.25) is 0 Å². The van der Waals surface area contributed by atoms with Gasteiger partial charge < -0.3 is 9.66 Å². The van der Waals surface area contributed by atoms with Crippen LogP contribution >= 0.6 is 0 Å². The summed E-state index contributed by atoms with van der Waals surface area (Å²) in [5.41, 5.74) is 0. The Hall–Kier alpha value is 1.51. The molecule has 0 rings (SSSR count). The van der Waals surface area contributed by atoms with Gasteiger partial charge in [0.05, 0.1) is 16.2 Å². The summed E-state index contributed by atoms with van der Waals surface area (Å²) in [6.07, 6.45) is 14.6. The Balaban J connectivity index is 0. The van der Waals surface area contributed by atoms with Crippen molar-refractivity contribution in [2.24, 2.45) is 0 Å². The Morgan fingerprint density at radius 1 is 0.760 bits per heavy atom. The van der Waals surface area contributed by atoms with E-state index < -0.39 is 15.4 Å². The van der Waals surface area contributed by atoms with Crippen LogP contribution in [-0.4, -0.2) is 29.4 Å². The van der Waals surface area contributed by atoms with Crippen LogP contribution in [0.4, 0.5) is 0 Å². The van der Waals surface area contributed by atoms with Crippen LogP contribution in [0.2, 0.25) is 0 Å². The molecule has 0 aliphatic heterocycles. The zero-order valence-electron chi connectivity index (χ0n) is 16.8. The fourth-order valence-corrected chi connectivity index (χ4v) is 4.01. The van der Waals surface area contributed by atoms with Crippen molar-refractivity contribution in [1.29, 1.82) is 0 Å². The summed E-state index contributed by atoms with van der Waals surface area (Å²) in [6, 6.07) is 0. The minimum absolute atomic E-state index is 0. The van der Waals surface area contributed by atoms with Crippen LogP contribution in [0.3, 0.4) is 0 Å². The summed E-state index contributed by atoms with van der Waals surface area (Å²) < 4.78 is 34.2. The second kappa shape index (κ2) is 18.9. The average Bonchev–Trinajstić information content (AvgIpc) is 2.49. The number of aliphatic hydroxyl groups is 1. The molecule has 0 aliphatic rings. The van der Waals surface area contributed by atoms with Gasteiger partial charge in [0, 0.05) is 5.25 Å². The van der Waals surface area contributed by atoms with E-state index in [9.17, 15) is 18.1 Å². The summed E-state index contributed by atoms with van der Waals surface area (Å²) in [6.45, 7) is 3.99. The summed E-state index contributed by atoms with van der Waals surface area (Å²) in [4.78, 5) is 0.